The third kappa shape index (κ3) is 3.51. The van der Waals surface area contributed by atoms with Crippen molar-refractivity contribution in [1.29, 1.82) is 0 Å². The van der Waals surface area contributed by atoms with Crippen molar-refractivity contribution in [2.24, 2.45) is 0 Å². The third-order valence-corrected chi connectivity index (χ3v) is 3.91. The highest BCUT2D eigenvalue weighted by Crippen LogP contribution is 2.31. The number of hydrogen-bond donors (Lipinski definition) is 0. The number of nitrogens with zero attached hydrogens (tertiary/aromatic N) is 2. The number of ether oxygens (including phenoxy) is 1. The number of rotatable bonds is 5. The summed E-state index contributed by atoms with van der Waals surface area (Å²) in [6.07, 6.45) is 0. The summed E-state index contributed by atoms with van der Waals surface area (Å²) in [7, 11) is 4.08. The van der Waals surface area contributed by atoms with E-state index in [0.717, 1.165) is 28.6 Å². The van der Waals surface area contributed by atoms with Crippen molar-refractivity contribution in [2.75, 3.05) is 27.2 Å². The molecule has 2 aromatic carbocycles. The number of aryl methyl sites for hydroxylation is 1. The van der Waals surface area contributed by atoms with Crippen LogP contribution in [0.1, 0.15) is 5.56 Å². The molecule has 0 atom stereocenters. The molecule has 0 aliphatic heterocycles. The van der Waals surface area contributed by atoms with Gasteiger partial charge in [0.1, 0.15) is 6.61 Å². The first-order chi connectivity index (χ1) is 11.1. The average Bonchev–Trinajstić information content (AvgIpc) is 2.54. The van der Waals surface area contributed by atoms with E-state index < -0.39 is 0 Å². The number of hydrogen-bond acceptors (Lipinski definition) is 3. The van der Waals surface area contributed by atoms with Gasteiger partial charge in [0.15, 0.2) is 0 Å². The molecule has 0 amide bonds. The lowest BCUT2D eigenvalue weighted by molar-refractivity contribution is 0.254. The lowest BCUT2D eigenvalue weighted by Gasteiger charge is -2.14. The predicted molar refractivity (Wildman–Crippen MR) is 96.0 cm³/mol. The molecule has 0 unspecified atom stereocenters. The molecule has 0 saturated carbocycles. The standard InChI is InChI=1S/C20H22N2O/c1-15-8-4-6-10-17(15)20-18-11-7-5-9-16(18)14-19(21-20)23-13-12-22(2)3/h4-11,14H,12-13H2,1-3H3. The summed E-state index contributed by atoms with van der Waals surface area (Å²) in [4.78, 5) is 6.89. The van der Waals surface area contributed by atoms with Gasteiger partial charge < -0.3 is 9.64 Å². The van der Waals surface area contributed by atoms with E-state index in [-0.39, 0.29) is 0 Å². The van der Waals surface area contributed by atoms with E-state index in [1.165, 1.54) is 5.56 Å². The number of likely N-dealkylation sites (N-methyl/N-ethyl adjacent to an activating group) is 1. The molecule has 0 fully saturated rings. The van der Waals surface area contributed by atoms with Gasteiger partial charge >= 0.3 is 0 Å². The van der Waals surface area contributed by atoms with Gasteiger partial charge in [-0.1, -0.05) is 48.5 Å². The van der Waals surface area contributed by atoms with Crippen LogP contribution in [0.5, 0.6) is 5.88 Å². The second kappa shape index (κ2) is 6.80. The largest absolute Gasteiger partial charge is 0.476 e. The van der Waals surface area contributed by atoms with Gasteiger partial charge in [0.05, 0.1) is 5.69 Å². The number of pyridine rings is 1. The monoisotopic (exact) mass is 306 g/mol. The van der Waals surface area contributed by atoms with Gasteiger partial charge in [-0.3, -0.25) is 0 Å². The third-order valence-electron chi connectivity index (χ3n) is 3.91. The molecule has 0 spiro atoms. The molecule has 0 radical (unpaired) electrons. The van der Waals surface area contributed by atoms with Crippen LogP contribution in [0.3, 0.4) is 0 Å². The van der Waals surface area contributed by atoms with Gasteiger partial charge in [-0.15, -0.1) is 0 Å². The van der Waals surface area contributed by atoms with E-state index in [2.05, 4.69) is 54.3 Å². The maximum Gasteiger partial charge on any atom is 0.214 e. The second-order valence-electron chi connectivity index (χ2n) is 6.00. The van der Waals surface area contributed by atoms with Crippen LogP contribution in [0, 0.1) is 6.92 Å². The van der Waals surface area contributed by atoms with E-state index in [9.17, 15) is 0 Å². The Hall–Kier alpha value is -2.39. The Morgan fingerprint density at radius 2 is 1.74 bits per heavy atom. The van der Waals surface area contributed by atoms with E-state index in [1.54, 1.807) is 0 Å². The van der Waals surface area contributed by atoms with Gasteiger partial charge in [-0.25, -0.2) is 4.98 Å². The van der Waals surface area contributed by atoms with Crippen LogP contribution in [-0.2, 0) is 0 Å². The second-order valence-corrected chi connectivity index (χ2v) is 6.00. The minimum atomic E-state index is 0.631. The van der Waals surface area contributed by atoms with Gasteiger partial charge in [0, 0.05) is 23.6 Å². The molecule has 0 aliphatic rings. The fraction of sp³-hybridized carbons (Fsp3) is 0.250. The minimum Gasteiger partial charge on any atom is -0.476 e. The van der Waals surface area contributed by atoms with Crippen LogP contribution in [0.15, 0.2) is 54.6 Å². The Bertz CT molecular complexity index is 812. The number of benzene rings is 2. The zero-order valence-electron chi connectivity index (χ0n) is 13.9. The van der Waals surface area contributed by atoms with Crippen molar-refractivity contribution >= 4 is 10.8 Å². The predicted octanol–water partition coefficient (Wildman–Crippen LogP) is 4.15. The first-order valence-corrected chi connectivity index (χ1v) is 7.88. The van der Waals surface area contributed by atoms with Crippen molar-refractivity contribution in [3.05, 3.63) is 60.2 Å². The van der Waals surface area contributed by atoms with E-state index in [4.69, 9.17) is 9.72 Å². The highest BCUT2D eigenvalue weighted by Gasteiger charge is 2.10. The molecule has 0 bridgehead atoms. The molecule has 0 saturated heterocycles. The Morgan fingerprint density at radius 3 is 2.52 bits per heavy atom. The van der Waals surface area contributed by atoms with Crippen molar-refractivity contribution in [3.63, 3.8) is 0 Å². The topological polar surface area (TPSA) is 25.4 Å². The van der Waals surface area contributed by atoms with Crippen molar-refractivity contribution in [3.8, 4) is 17.1 Å². The molecule has 1 heterocycles. The highest BCUT2D eigenvalue weighted by atomic mass is 16.5. The number of aromatic nitrogens is 1. The van der Waals surface area contributed by atoms with Crippen LogP contribution in [0.25, 0.3) is 22.0 Å². The van der Waals surface area contributed by atoms with Crippen LogP contribution in [0.4, 0.5) is 0 Å². The first-order valence-electron chi connectivity index (χ1n) is 7.88. The molecular weight excluding hydrogens is 284 g/mol. The molecule has 3 heteroatoms. The van der Waals surface area contributed by atoms with E-state index >= 15 is 0 Å². The van der Waals surface area contributed by atoms with Crippen LogP contribution < -0.4 is 4.74 Å². The fourth-order valence-electron chi connectivity index (χ4n) is 2.62. The van der Waals surface area contributed by atoms with Gasteiger partial charge in [0.2, 0.25) is 5.88 Å². The molecule has 3 rings (SSSR count). The summed E-state index contributed by atoms with van der Waals surface area (Å²) in [6, 6.07) is 18.7. The van der Waals surface area contributed by atoms with Crippen molar-refractivity contribution in [2.45, 2.75) is 6.92 Å². The van der Waals surface area contributed by atoms with Gasteiger partial charge in [-0.2, -0.15) is 0 Å². The summed E-state index contributed by atoms with van der Waals surface area (Å²) in [6.45, 7) is 3.62. The Kier molecular flexibility index (Phi) is 4.58. The zero-order chi connectivity index (χ0) is 16.2. The summed E-state index contributed by atoms with van der Waals surface area (Å²) >= 11 is 0. The lowest BCUT2D eigenvalue weighted by Crippen LogP contribution is -2.19. The van der Waals surface area contributed by atoms with Crippen LogP contribution in [0.2, 0.25) is 0 Å². The molecule has 23 heavy (non-hydrogen) atoms. The molecule has 1 aromatic heterocycles. The SMILES string of the molecule is Cc1ccccc1-c1nc(OCCN(C)C)cc2ccccc12. The summed E-state index contributed by atoms with van der Waals surface area (Å²) in [5.74, 6) is 0.684. The van der Waals surface area contributed by atoms with Gasteiger partial charge in [0.25, 0.3) is 0 Å². The Morgan fingerprint density at radius 1 is 1.00 bits per heavy atom. The molecule has 0 aliphatic carbocycles. The maximum absolute atomic E-state index is 5.87. The normalized spacial score (nSPS) is 11.1. The van der Waals surface area contributed by atoms with Crippen molar-refractivity contribution < 1.29 is 4.74 Å². The molecule has 0 N–H and O–H groups in total. The van der Waals surface area contributed by atoms with Gasteiger partial charge in [-0.05, 0) is 32.0 Å². The maximum atomic E-state index is 5.87. The summed E-state index contributed by atoms with van der Waals surface area (Å²) < 4.78 is 5.87. The quantitative estimate of drug-likeness (QED) is 0.708. The van der Waals surface area contributed by atoms with Crippen molar-refractivity contribution in [1.82, 2.24) is 9.88 Å². The Labute approximate surface area is 137 Å². The zero-order valence-corrected chi connectivity index (χ0v) is 13.9. The Balaban J connectivity index is 2.06. The number of fused-ring (bicyclic) bond motifs is 1. The van der Waals surface area contributed by atoms with E-state index in [0.29, 0.717) is 12.5 Å². The molecule has 3 nitrogen and oxygen atoms in total. The summed E-state index contributed by atoms with van der Waals surface area (Å²) in [5.41, 5.74) is 3.36. The molecule has 118 valence electrons. The lowest BCUT2D eigenvalue weighted by atomic mass is 10.0. The summed E-state index contributed by atoms with van der Waals surface area (Å²) in [5, 5.41) is 2.31. The van der Waals surface area contributed by atoms with E-state index in [1.807, 2.05) is 26.2 Å². The average molecular weight is 306 g/mol. The highest BCUT2D eigenvalue weighted by molar-refractivity contribution is 5.95. The van der Waals surface area contributed by atoms with Crippen LogP contribution >= 0.6 is 0 Å². The minimum absolute atomic E-state index is 0.631. The molecule has 3 aromatic rings. The first kappa shape index (κ1) is 15.5. The van der Waals surface area contributed by atoms with Crippen LogP contribution in [-0.4, -0.2) is 37.1 Å². The smallest absolute Gasteiger partial charge is 0.214 e. The molecular formula is C20H22N2O. The fourth-order valence-corrected chi connectivity index (χ4v) is 2.62.